The molecule has 0 aromatic heterocycles. The van der Waals surface area contributed by atoms with Crippen molar-refractivity contribution in [2.75, 3.05) is 13.2 Å². The first-order valence-electron chi connectivity index (χ1n) is 14.1. The van der Waals surface area contributed by atoms with Gasteiger partial charge in [0.1, 0.15) is 0 Å². The van der Waals surface area contributed by atoms with E-state index in [9.17, 15) is 4.79 Å². The number of carboxylic acids is 1. The molecule has 0 amide bonds. The van der Waals surface area contributed by atoms with Crippen LogP contribution >= 0.6 is 0 Å². The molecule has 1 N–H and O–H groups in total. The predicted octanol–water partition coefficient (Wildman–Crippen LogP) is 7.79. The molecule has 3 fully saturated rings. The summed E-state index contributed by atoms with van der Waals surface area (Å²) in [5.41, 5.74) is 0. The van der Waals surface area contributed by atoms with Gasteiger partial charge in [-0.3, -0.25) is 4.79 Å². The molecule has 0 unspecified atom stereocenters. The van der Waals surface area contributed by atoms with Crippen LogP contribution in [0.1, 0.15) is 116 Å². The molecule has 3 rings (SSSR count). The van der Waals surface area contributed by atoms with Gasteiger partial charge in [0.2, 0.25) is 0 Å². The molecule has 0 spiro atoms. The fourth-order valence-corrected chi connectivity index (χ4v) is 6.72. The molecular weight excluding hydrogens is 408 g/mol. The van der Waals surface area contributed by atoms with Crippen molar-refractivity contribution in [1.82, 2.24) is 0 Å². The molecule has 4 atom stereocenters. The Kier molecular flexibility index (Phi) is 12.4. The Balaban J connectivity index is 1.20. The average molecular weight is 457 g/mol. The minimum absolute atomic E-state index is 0.276. The molecule has 0 saturated heterocycles. The van der Waals surface area contributed by atoms with Gasteiger partial charge in [-0.2, -0.15) is 0 Å². The van der Waals surface area contributed by atoms with Crippen LogP contribution in [0.3, 0.4) is 0 Å². The number of fused-ring (bicyclic) bond motifs is 2. The van der Waals surface area contributed by atoms with Crippen LogP contribution in [0.4, 0.5) is 0 Å². The number of ether oxygens (including phenoxy) is 1. The second-order valence-corrected chi connectivity index (χ2v) is 10.9. The normalized spacial score (nSPS) is 27.2. The van der Waals surface area contributed by atoms with Crippen LogP contribution in [-0.4, -0.2) is 24.3 Å². The van der Waals surface area contributed by atoms with Gasteiger partial charge >= 0.3 is 5.97 Å². The van der Waals surface area contributed by atoms with Crippen molar-refractivity contribution in [1.29, 1.82) is 0 Å². The van der Waals surface area contributed by atoms with Crippen LogP contribution in [0, 0.1) is 41.4 Å². The van der Waals surface area contributed by atoms with Gasteiger partial charge in [0, 0.05) is 25.9 Å². The highest BCUT2D eigenvalue weighted by molar-refractivity contribution is 5.66. The van der Waals surface area contributed by atoms with E-state index in [-0.39, 0.29) is 6.42 Å². The molecule has 3 nitrogen and oxygen atoms in total. The number of hydrogen-bond acceptors (Lipinski definition) is 2. The summed E-state index contributed by atoms with van der Waals surface area (Å²) < 4.78 is 6.09. The lowest BCUT2D eigenvalue weighted by molar-refractivity contribution is -0.137. The highest BCUT2D eigenvalue weighted by Gasteiger charge is 2.46. The fraction of sp³-hybridized carbons (Fsp3) is 0.833. The zero-order chi connectivity index (χ0) is 23.1. The summed E-state index contributed by atoms with van der Waals surface area (Å²) in [5, 5.41) is 8.74. The number of unbranched alkanes of at least 4 members (excludes halogenated alkanes) is 4. The van der Waals surface area contributed by atoms with Crippen molar-refractivity contribution in [3.05, 3.63) is 12.2 Å². The molecule has 0 aromatic rings. The van der Waals surface area contributed by atoms with E-state index in [2.05, 4.69) is 24.0 Å². The van der Waals surface area contributed by atoms with E-state index in [1.807, 2.05) is 0 Å². The van der Waals surface area contributed by atoms with Crippen LogP contribution < -0.4 is 0 Å². The zero-order valence-electron chi connectivity index (χ0n) is 20.9. The number of allylic oxidation sites excluding steroid dienone is 2. The smallest absolute Gasteiger partial charge is 0.303 e. The topological polar surface area (TPSA) is 46.5 Å². The molecule has 186 valence electrons. The van der Waals surface area contributed by atoms with Gasteiger partial charge in [-0.05, 0) is 74.5 Å². The Morgan fingerprint density at radius 1 is 0.879 bits per heavy atom. The molecule has 0 radical (unpaired) electrons. The van der Waals surface area contributed by atoms with Crippen molar-refractivity contribution >= 4 is 5.97 Å². The first-order valence-corrected chi connectivity index (χ1v) is 14.1. The van der Waals surface area contributed by atoms with Crippen LogP contribution in [0.2, 0.25) is 0 Å². The molecular formula is C30H48O3. The molecule has 2 bridgehead atoms. The summed E-state index contributed by atoms with van der Waals surface area (Å²) >= 11 is 0. The van der Waals surface area contributed by atoms with E-state index in [1.165, 1.54) is 77.0 Å². The third kappa shape index (κ3) is 9.86. The van der Waals surface area contributed by atoms with Crippen molar-refractivity contribution in [3.63, 3.8) is 0 Å². The van der Waals surface area contributed by atoms with E-state index < -0.39 is 5.97 Å². The number of hydrogen-bond donors (Lipinski definition) is 1. The fourth-order valence-electron chi connectivity index (χ4n) is 6.72. The maximum absolute atomic E-state index is 10.6. The number of carboxylic acid groups (broad SMARTS) is 1. The molecule has 3 saturated carbocycles. The van der Waals surface area contributed by atoms with Crippen LogP contribution in [-0.2, 0) is 9.53 Å². The Bertz CT molecular complexity index is 637. The molecule has 0 aromatic carbocycles. The van der Waals surface area contributed by atoms with E-state index in [4.69, 9.17) is 9.84 Å². The monoisotopic (exact) mass is 456 g/mol. The van der Waals surface area contributed by atoms with Crippen molar-refractivity contribution < 1.29 is 14.6 Å². The molecule has 3 aliphatic carbocycles. The number of carbonyl (C=O) groups is 1. The summed E-state index contributed by atoms with van der Waals surface area (Å²) in [5.74, 6) is 10.2. The largest absolute Gasteiger partial charge is 0.481 e. The molecule has 0 aliphatic heterocycles. The molecule has 3 aliphatic rings. The highest BCUT2D eigenvalue weighted by Crippen LogP contribution is 2.53. The lowest BCUT2D eigenvalue weighted by Crippen LogP contribution is -2.26. The summed E-state index contributed by atoms with van der Waals surface area (Å²) in [7, 11) is 0. The van der Waals surface area contributed by atoms with Gasteiger partial charge in [-0.1, -0.05) is 63.5 Å². The summed E-state index contributed by atoms with van der Waals surface area (Å²) in [6.07, 6.45) is 26.5. The summed E-state index contributed by atoms with van der Waals surface area (Å²) in [4.78, 5) is 10.6. The Labute approximate surface area is 203 Å². The van der Waals surface area contributed by atoms with Crippen molar-refractivity contribution in [2.24, 2.45) is 29.6 Å². The van der Waals surface area contributed by atoms with Gasteiger partial charge in [0.05, 0.1) is 6.61 Å². The standard InChI is InChI=1S/C30H48O3/c31-30(32)19-13-6-5-12-18-28-26-20-21-27(23-26)29(28)24-33-22-14-7-3-1-2-4-9-15-25-16-10-8-11-17-25/h5,12,25-29H,1-2,4,6,8-11,13-24H2,(H,31,32)/t26-,27+,28-,29+/m0/s1. The summed E-state index contributed by atoms with van der Waals surface area (Å²) in [6, 6.07) is 0. The van der Waals surface area contributed by atoms with Crippen LogP contribution in [0.15, 0.2) is 12.2 Å². The van der Waals surface area contributed by atoms with Crippen molar-refractivity contribution in [2.45, 2.75) is 116 Å². The lowest BCUT2D eigenvalue weighted by Gasteiger charge is -2.30. The van der Waals surface area contributed by atoms with E-state index in [0.29, 0.717) is 5.92 Å². The third-order valence-corrected chi connectivity index (χ3v) is 8.56. The van der Waals surface area contributed by atoms with E-state index >= 15 is 0 Å². The number of rotatable bonds is 15. The molecule has 33 heavy (non-hydrogen) atoms. The van der Waals surface area contributed by atoms with Gasteiger partial charge < -0.3 is 9.84 Å². The average Bonchev–Trinajstić information content (AvgIpc) is 3.42. The van der Waals surface area contributed by atoms with Gasteiger partial charge in [0.15, 0.2) is 0 Å². The second kappa shape index (κ2) is 15.6. The van der Waals surface area contributed by atoms with Gasteiger partial charge in [-0.25, -0.2) is 0 Å². The zero-order valence-corrected chi connectivity index (χ0v) is 20.9. The Hall–Kier alpha value is -1.27. The van der Waals surface area contributed by atoms with Crippen molar-refractivity contribution in [3.8, 4) is 11.8 Å². The van der Waals surface area contributed by atoms with Crippen LogP contribution in [0.5, 0.6) is 0 Å². The Morgan fingerprint density at radius 2 is 1.67 bits per heavy atom. The molecule has 0 heterocycles. The predicted molar refractivity (Wildman–Crippen MR) is 136 cm³/mol. The Morgan fingerprint density at radius 3 is 2.48 bits per heavy atom. The van der Waals surface area contributed by atoms with E-state index in [0.717, 1.165) is 69.0 Å². The number of aliphatic carboxylic acids is 1. The third-order valence-electron chi connectivity index (χ3n) is 8.56. The SMILES string of the molecule is O=C(O)CCCC=CC[C@H]1[C@H]2CC[C@H](C2)[C@H]1COCCC#CCCCCCC1CCCCC1. The first kappa shape index (κ1) is 26.3. The highest BCUT2D eigenvalue weighted by atomic mass is 16.5. The quantitative estimate of drug-likeness (QED) is 0.155. The van der Waals surface area contributed by atoms with Gasteiger partial charge in [-0.15, -0.1) is 11.8 Å². The lowest BCUT2D eigenvalue weighted by atomic mass is 9.78. The van der Waals surface area contributed by atoms with E-state index in [1.54, 1.807) is 0 Å². The van der Waals surface area contributed by atoms with Crippen LogP contribution in [0.25, 0.3) is 0 Å². The maximum atomic E-state index is 10.6. The molecule has 3 heteroatoms. The minimum atomic E-state index is -0.691. The second-order valence-electron chi connectivity index (χ2n) is 10.9. The maximum Gasteiger partial charge on any atom is 0.303 e. The minimum Gasteiger partial charge on any atom is -0.481 e. The first-order chi connectivity index (χ1) is 16.2. The van der Waals surface area contributed by atoms with Gasteiger partial charge in [0.25, 0.3) is 0 Å². The summed E-state index contributed by atoms with van der Waals surface area (Å²) in [6.45, 7) is 1.68.